The fourth-order valence-electron chi connectivity index (χ4n) is 5.37. The number of H-pyrrole nitrogens is 1. The van der Waals surface area contributed by atoms with E-state index in [2.05, 4.69) is 9.88 Å². The molecular weight excluding hydrogens is 386 g/mol. The number of hydrogen-bond donors (Lipinski definition) is 1. The zero-order valence-electron chi connectivity index (χ0n) is 17.3. The van der Waals surface area contributed by atoms with Gasteiger partial charge in [0.1, 0.15) is 0 Å². The Hall–Kier alpha value is -2.42. The number of morpholine rings is 1. The van der Waals surface area contributed by atoms with Crippen LogP contribution >= 0.6 is 0 Å². The average molecular weight is 415 g/mol. The fraction of sp³-hybridized carbons (Fsp3) is 0.714. The van der Waals surface area contributed by atoms with Crippen LogP contribution in [0.15, 0.2) is 4.79 Å². The van der Waals surface area contributed by atoms with Crippen LogP contribution in [0.25, 0.3) is 0 Å². The SMILES string of the molecule is O=C(CN1CCCC1=O)N1CCC2(CCc3c2nc(N2CCOCC2)[nH]c3=O)CC1. The molecule has 1 aromatic rings. The van der Waals surface area contributed by atoms with Gasteiger partial charge in [0.15, 0.2) is 0 Å². The molecule has 0 aromatic carbocycles. The predicted molar refractivity (Wildman–Crippen MR) is 110 cm³/mol. The average Bonchev–Trinajstić information content (AvgIpc) is 3.33. The third-order valence-corrected chi connectivity index (χ3v) is 7.24. The third kappa shape index (κ3) is 3.38. The summed E-state index contributed by atoms with van der Waals surface area (Å²) >= 11 is 0. The largest absolute Gasteiger partial charge is 0.378 e. The van der Waals surface area contributed by atoms with Crippen molar-refractivity contribution in [2.75, 3.05) is 57.4 Å². The highest BCUT2D eigenvalue weighted by Crippen LogP contribution is 2.44. The van der Waals surface area contributed by atoms with Gasteiger partial charge in [-0.1, -0.05) is 0 Å². The normalized spacial score (nSPS) is 23.3. The molecular formula is C21H29N5O4. The summed E-state index contributed by atoms with van der Waals surface area (Å²) in [6.07, 6.45) is 4.70. The van der Waals surface area contributed by atoms with Crippen molar-refractivity contribution in [2.24, 2.45) is 0 Å². The summed E-state index contributed by atoms with van der Waals surface area (Å²) in [6.45, 7) is 4.93. The Morgan fingerprint density at radius 2 is 1.80 bits per heavy atom. The highest BCUT2D eigenvalue weighted by Gasteiger charge is 2.45. The maximum Gasteiger partial charge on any atom is 0.255 e. The van der Waals surface area contributed by atoms with E-state index in [1.807, 2.05) is 4.90 Å². The number of anilines is 1. The van der Waals surface area contributed by atoms with Crippen LogP contribution < -0.4 is 10.5 Å². The van der Waals surface area contributed by atoms with Crippen LogP contribution in [0.2, 0.25) is 0 Å². The van der Waals surface area contributed by atoms with Crippen molar-refractivity contribution in [3.05, 3.63) is 21.6 Å². The molecule has 9 heteroatoms. The topological polar surface area (TPSA) is 98.8 Å². The van der Waals surface area contributed by atoms with Crippen molar-refractivity contribution < 1.29 is 14.3 Å². The third-order valence-electron chi connectivity index (χ3n) is 7.24. The fourth-order valence-corrected chi connectivity index (χ4v) is 5.37. The number of likely N-dealkylation sites (tertiary alicyclic amines) is 2. The molecule has 0 unspecified atom stereocenters. The number of ether oxygens (including phenoxy) is 1. The molecule has 2 amide bonds. The molecule has 4 heterocycles. The van der Waals surface area contributed by atoms with Crippen molar-refractivity contribution in [1.82, 2.24) is 19.8 Å². The number of carbonyl (C=O) groups excluding carboxylic acids is 2. The number of aromatic nitrogens is 2. The molecule has 3 fully saturated rings. The molecule has 30 heavy (non-hydrogen) atoms. The van der Waals surface area contributed by atoms with Gasteiger partial charge in [-0.15, -0.1) is 0 Å². The van der Waals surface area contributed by atoms with Crippen LogP contribution in [0, 0.1) is 0 Å². The lowest BCUT2D eigenvalue weighted by atomic mass is 9.76. The lowest BCUT2D eigenvalue weighted by Crippen LogP contribution is -2.48. The Balaban J connectivity index is 1.31. The maximum absolute atomic E-state index is 12.7. The molecule has 9 nitrogen and oxygen atoms in total. The van der Waals surface area contributed by atoms with Crippen molar-refractivity contribution in [3.63, 3.8) is 0 Å². The highest BCUT2D eigenvalue weighted by atomic mass is 16.5. The standard InChI is InChI=1S/C21H29N5O4/c27-16-2-1-7-26(16)14-17(28)24-8-5-21(6-9-24)4-3-15-18(21)22-20(23-19(15)29)25-10-12-30-13-11-25/h1-14H2,(H,22,23,29). The van der Waals surface area contributed by atoms with Crippen molar-refractivity contribution in [1.29, 1.82) is 0 Å². The molecule has 3 aliphatic heterocycles. The van der Waals surface area contributed by atoms with Gasteiger partial charge in [-0.25, -0.2) is 4.98 Å². The lowest BCUT2D eigenvalue weighted by molar-refractivity contribution is -0.139. The van der Waals surface area contributed by atoms with E-state index in [0.717, 1.165) is 56.5 Å². The van der Waals surface area contributed by atoms with E-state index in [1.165, 1.54) is 0 Å². The molecule has 0 bridgehead atoms. The molecule has 1 N–H and O–H groups in total. The lowest BCUT2D eigenvalue weighted by Gasteiger charge is -2.40. The van der Waals surface area contributed by atoms with Crippen LogP contribution in [0.4, 0.5) is 5.95 Å². The predicted octanol–water partition coefficient (Wildman–Crippen LogP) is 0.0353. The Morgan fingerprint density at radius 3 is 2.50 bits per heavy atom. The molecule has 1 aromatic heterocycles. The van der Waals surface area contributed by atoms with Gasteiger partial charge < -0.3 is 19.4 Å². The second-order valence-corrected chi connectivity index (χ2v) is 8.90. The Labute approximate surface area is 175 Å². The van der Waals surface area contributed by atoms with Crippen LogP contribution in [-0.2, 0) is 26.2 Å². The van der Waals surface area contributed by atoms with E-state index >= 15 is 0 Å². The minimum Gasteiger partial charge on any atom is -0.378 e. The van der Waals surface area contributed by atoms with Gasteiger partial charge >= 0.3 is 0 Å². The Morgan fingerprint density at radius 1 is 1.03 bits per heavy atom. The van der Waals surface area contributed by atoms with E-state index < -0.39 is 0 Å². The highest BCUT2D eigenvalue weighted by molar-refractivity contribution is 5.86. The first-order valence-corrected chi connectivity index (χ1v) is 11.1. The Bertz CT molecular complexity index is 899. The molecule has 1 spiro atoms. The summed E-state index contributed by atoms with van der Waals surface area (Å²) in [6, 6.07) is 0. The first kappa shape index (κ1) is 19.5. The molecule has 162 valence electrons. The van der Waals surface area contributed by atoms with Crippen LogP contribution in [0.3, 0.4) is 0 Å². The van der Waals surface area contributed by atoms with Gasteiger partial charge in [-0.2, -0.15) is 0 Å². The van der Waals surface area contributed by atoms with Gasteiger partial charge in [-0.3, -0.25) is 19.4 Å². The summed E-state index contributed by atoms with van der Waals surface area (Å²) in [7, 11) is 0. The minimum absolute atomic E-state index is 0.0237. The zero-order chi connectivity index (χ0) is 20.7. The van der Waals surface area contributed by atoms with Crippen LogP contribution in [0.5, 0.6) is 0 Å². The zero-order valence-corrected chi connectivity index (χ0v) is 17.3. The smallest absolute Gasteiger partial charge is 0.255 e. The second kappa shape index (κ2) is 7.68. The first-order chi connectivity index (χ1) is 14.6. The van der Waals surface area contributed by atoms with Crippen molar-refractivity contribution in [2.45, 2.75) is 43.9 Å². The van der Waals surface area contributed by atoms with Gasteiger partial charge in [-0.05, 0) is 32.1 Å². The van der Waals surface area contributed by atoms with E-state index in [9.17, 15) is 14.4 Å². The molecule has 0 atom stereocenters. The van der Waals surface area contributed by atoms with E-state index in [0.29, 0.717) is 45.2 Å². The van der Waals surface area contributed by atoms with Gasteiger partial charge in [0.2, 0.25) is 17.8 Å². The molecule has 0 saturated carbocycles. The Kier molecular flexibility index (Phi) is 5.00. The number of rotatable bonds is 3. The van der Waals surface area contributed by atoms with E-state index in [1.54, 1.807) is 4.90 Å². The number of carbonyl (C=O) groups is 2. The number of fused-ring (bicyclic) bond motifs is 2. The number of nitrogens with one attached hydrogen (secondary N) is 1. The van der Waals surface area contributed by atoms with E-state index in [-0.39, 0.29) is 29.3 Å². The summed E-state index contributed by atoms with van der Waals surface area (Å²) in [4.78, 5) is 50.8. The number of hydrogen-bond acceptors (Lipinski definition) is 6. The van der Waals surface area contributed by atoms with Gasteiger partial charge in [0.25, 0.3) is 5.56 Å². The maximum atomic E-state index is 12.7. The molecule has 3 saturated heterocycles. The number of amides is 2. The van der Waals surface area contributed by atoms with Crippen molar-refractivity contribution in [3.8, 4) is 0 Å². The quantitative estimate of drug-likeness (QED) is 0.748. The summed E-state index contributed by atoms with van der Waals surface area (Å²) < 4.78 is 5.42. The minimum atomic E-state index is -0.120. The second-order valence-electron chi connectivity index (χ2n) is 8.90. The van der Waals surface area contributed by atoms with Gasteiger partial charge in [0, 0.05) is 50.1 Å². The molecule has 5 rings (SSSR count). The first-order valence-electron chi connectivity index (χ1n) is 11.1. The number of piperidine rings is 1. The summed E-state index contributed by atoms with van der Waals surface area (Å²) in [5, 5.41) is 0. The molecule has 0 radical (unpaired) electrons. The van der Waals surface area contributed by atoms with Crippen molar-refractivity contribution >= 4 is 17.8 Å². The van der Waals surface area contributed by atoms with E-state index in [4.69, 9.17) is 9.72 Å². The summed E-state index contributed by atoms with van der Waals surface area (Å²) in [5.74, 6) is 0.765. The molecule has 4 aliphatic rings. The van der Waals surface area contributed by atoms with Crippen LogP contribution in [-0.4, -0.2) is 84.1 Å². The molecule has 1 aliphatic carbocycles. The summed E-state index contributed by atoms with van der Waals surface area (Å²) in [5.41, 5.74) is 1.61. The number of nitrogens with zero attached hydrogens (tertiary/aromatic N) is 4. The monoisotopic (exact) mass is 415 g/mol. The number of aromatic amines is 1. The van der Waals surface area contributed by atoms with Crippen LogP contribution in [0.1, 0.15) is 43.4 Å². The van der Waals surface area contributed by atoms with Gasteiger partial charge in [0.05, 0.1) is 25.5 Å².